The first-order valence-corrected chi connectivity index (χ1v) is 10.7. The summed E-state index contributed by atoms with van der Waals surface area (Å²) in [6.45, 7) is 9.18. The van der Waals surface area contributed by atoms with Gasteiger partial charge in [0.25, 0.3) is 5.91 Å². The monoisotopic (exact) mass is 400 g/mol. The van der Waals surface area contributed by atoms with Crippen molar-refractivity contribution in [3.05, 3.63) is 51.7 Å². The highest BCUT2D eigenvalue weighted by Crippen LogP contribution is 2.33. The summed E-state index contributed by atoms with van der Waals surface area (Å²) in [7, 11) is 0. The molecule has 1 N–H and O–H groups in total. The third-order valence-corrected chi connectivity index (χ3v) is 6.20. The zero-order valence-electron chi connectivity index (χ0n) is 16.9. The number of carbonyl (C=O) groups is 2. The number of nitrogens with one attached hydrogen (secondary N) is 1. The van der Waals surface area contributed by atoms with E-state index in [0.717, 1.165) is 12.2 Å². The number of rotatable bonds is 6. The third-order valence-electron chi connectivity index (χ3n) is 5.21. The molecule has 0 aliphatic carbocycles. The van der Waals surface area contributed by atoms with E-state index < -0.39 is 6.04 Å². The second-order valence-corrected chi connectivity index (χ2v) is 8.41. The molecule has 1 aliphatic heterocycles. The quantitative estimate of drug-likeness (QED) is 0.796. The molecule has 150 valence electrons. The SMILES string of the molecule is CCOc1ccc(C(=O)NC(C(=O)N2CCc3sccc3C2C)C(C)C)cc1. The second kappa shape index (κ2) is 8.78. The van der Waals surface area contributed by atoms with Gasteiger partial charge in [0, 0.05) is 17.0 Å². The Balaban J connectivity index is 1.72. The highest BCUT2D eigenvalue weighted by Gasteiger charge is 2.34. The van der Waals surface area contributed by atoms with E-state index in [9.17, 15) is 9.59 Å². The van der Waals surface area contributed by atoms with Crippen LogP contribution in [0.2, 0.25) is 0 Å². The fraction of sp³-hybridized carbons (Fsp3) is 0.455. The van der Waals surface area contributed by atoms with Crippen LogP contribution in [-0.2, 0) is 11.2 Å². The van der Waals surface area contributed by atoms with Gasteiger partial charge in [-0.1, -0.05) is 13.8 Å². The lowest BCUT2D eigenvalue weighted by Gasteiger charge is -2.37. The first-order chi connectivity index (χ1) is 13.4. The first kappa shape index (κ1) is 20.4. The van der Waals surface area contributed by atoms with Gasteiger partial charge in [-0.05, 0) is 67.5 Å². The predicted octanol–water partition coefficient (Wildman–Crippen LogP) is 4.05. The van der Waals surface area contributed by atoms with E-state index in [1.807, 2.05) is 25.7 Å². The zero-order valence-corrected chi connectivity index (χ0v) is 17.7. The van der Waals surface area contributed by atoms with Gasteiger partial charge >= 0.3 is 0 Å². The van der Waals surface area contributed by atoms with E-state index in [1.165, 1.54) is 10.4 Å². The third kappa shape index (κ3) is 4.22. The van der Waals surface area contributed by atoms with Crippen LogP contribution in [0.4, 0.5) is 0 Å². The van der Waals surface area contributed by atoms with Crippen molar-refractivity contribution in [2.24, 2.45) is 5.92 Å². The second-order valence-electron chi connectivity index (χ2n) is 7.41. The van der Waals surface area contributed by atoms with Crippen molar-refractivity contribution in [3.63, 3.8) is 0 Å². The van der Waals surface area contributed by atoms with Crippen molar-refractivity contribution in [1.29, 1.82) is 0 Å². The largest absolute Gasteiger partial charge is 0.494 e. The Labute approximate surface area is 170 Å². The average Bonchev–Trinajstić information content (AvgIpc) is 3.16. The molecule has 0 bridgehead atoms. The van der Waals surface area contributed by atoms with Crippen molar-refractivity contribution < 1.29 is 14.3 Å². The normalized spacial score (nSPS) is 17.2. The fourth-order valence-corrected chi connectivity index (χ4v) is 4.56. The molecule has 6 heteroatoms. The molecule has 0 spiro atoms. The van der Waals surface area contributed by atoms with Crippen molar-refractivity contribution in [3.8, 4) is 5.75 Å². The van der Waals surface area contributed by atoms with Crippen molar-refractivity contribution in [1.82, 2.24) is 10.2 Å². The summed E-state index contributed by atoms with van der Waals surface area (Å²) < 4.78 is 5.42. The molecule has 2 heterocycles. The number of hydrogen-bond donors (Lipinski definition) is 1. The average molecular weight is 401 g/mol. The Morgan fingerprint density at radius 2 is 1.96 bits per heavy atom. The van der Waals surface area contributed by atoms with Gasteiger partial charge in [0.15, 0.2) is 0 Å². The number of ether oxygens (including phenoxy) is 1. The van der Waals surface area contributed by atoms with E-state index in [4.69, 9.17) is 4.74 Å². The maximum absolute atomic E-state index is 13.3. The summed E-state index contributed by atoms with van der Waals surface area (Å²) >= 11 is 1.75. The molecule has 2 aromatic rings. The van der Waals surface area contributed by atoms with E-state index >= 15 is 0 Å². The van der Waals surface area contributed by atoms with Crippen LogP contribution in [0.25, 0.3) is 0 Å². The van der Waals surface area contributed by atoms with Gasteiger partial charge in [0.1, 0.15) is 11.8 Å². The maximum Gasteiger partial charge on any atom is 0.251 e. The van der Waals surface area contributed by atoms with Crippen LogP contribution >= 0.6 is 11.3 Å². The highest BCUT2D eigenvalue weighted by atomic mass is 32.1. The molecule has 1 aliphatic rings. The minimum Gasteiger partial charge on any atom is -0.494 e. The highest BCUT2D eigenvalue weighted by molar-refractivity contribution is 7.10. The topological polar surface area (TPSA) is 58.6 Å². The molecule has 2 amide bonds. The summed E-state index contributed by atoms with van der Waals surface area (Å²) in [6.07, 6.45) is 0.876. The molecule has 2 atom stereocenters. The molecule has 3 rings (SSSR count). The van der Waals surface area contributed by atoms with Crippen LogP contribution in [0.1, 0.15) is 54.5 Å². The van der Waals surface area contributed by atoms with E-state index in [1.54, 1.807) is 35.6 Å². The van der Waals surface area contributed by atoms with Gasteiger partial charge in [-0.15, -0.1) is 11.3 Å². The molecule has 1 aromatic heterocycles. The lowest BCUT2D eigenvalue weighted by molar-refractivity contribution is -0.136. The van der Waals surface area contributed by atoms with Gasteiger partial charge in [0.05, 0.1) is 12.6 Å². The van der Waals surface area contributed by atoms with Crippen LogP contribution in [0.15, 0.2) is 35.7 Å². The molecular weight excluding hydrogens is 372 g/mol. The van der Waals surface area contributed by atoms with Crippen molar-refractivity contribution >= 4 is 23.2 Å². The smallest absolute Gasteiger partial charge is 0.251 e. The zero-order chi connectivity index (χ0) is 20.3. The molecule has 1 aromatic carbocycles. The van der Waals surface area contributed by atoms with Crippen LogP contribution in [0, 0.1) is 5.92 Å². The Morgan fingerprint density at radius 1 is 1.25 bits per heavy atom. The molecule has 2 unspecified atom stereocenters. The molecule has 28 heavy (non-hydrogen) atoms. The number of nitrogens with zero attached hydrogens (tertiary/aromatic N) is 1. The maximum atomic E-state index is 13.3. The van der Waals surface area contributed by atoms with Crippen LogP contribution in [0.3, 0.4) is 0 Å². The Kier molecular flexibility index (Phi) is 6.39. The number of benzene rings is 1. The number of hydrogen-bond acceptors (Lipinski definition) is 4. The Morgan fingerprint density at radius 3 is 2.61 bits per heavy atom. The lowest BCUT2D eigenvalue weighted by Crippen LogP contribution is -2.53. The van der Waals surface area contributed by atoms with E-state index in [0.29, 0.717) is 18.7 Å². The van der Waals surface area contributed by atoms with Crippen molar-refractivity contribution in [2.45, 2.75) is 46.2 Å². The van der Waals surface area contributed by atoms with Gasteiger partial charge in [-0.25, -0.2) is 0 Å². The first-order valence-electron chi connectivity index (χ1n) is 9.82. The van der Waals surface area contributed by atoms with Crippen molar-refractivity contribution in [2.75, 3.05) is 13.2 Å². The minimum absolute atomic E-state index is 0.00443. The van der Waals surface area contributed by atoms with Crippen LogP contribution < -0.4 is 10.1 Å². The number of carbonyl (C=O) groups excluding carboxylic acids is 2. The van der Waals surface area contributed by atoms with Crippen LogP contribution in [0.5, 0.6) is 5.75 Å². The molecule has 0 radical (unpaired) electrons. The number of fused-ring (bicyclic) bond motifs is 1. The summed E-state index contributed by atoms with van der Waals surface area (Å²) in [5.41, 5.74) is 1.75. The van der Waals surface area contributed by atoms with E-state index in [2.05, 4.69) is 23.7 Å². The Bertz CT molecular complexity index is 829. The summed E-state index contributed by atoms with van der Waals surface area (Å²) in [4.78, 5) is 29.3. The molecule has 0 fully saturated rings. The minimum atomic E-state index is -0.554. The van der Waals surface area contributed by atoms with Gasteiger partial charge in [-0.2, -0.15) is 0 Å². The molecular formula is C22H28N2O3S. The Hall–Kier alpha value is -2.34. The lowest BCUT2D eigenvalue weighted by atomic mass is 9.97. The van der Waals surface area contributed by atoms with Gasteiger partial charge in [0.2, 0.25) is 5.91 Å². The summed E-state index contributed by atoms with van der Waals surface area (Å²) in [6, 6.07) is 8.58. The van der Waals surface area contributed by atoms with Crippen LogP contribution in [-0.4, -0.2) is 35.9 Å². The summed E-state index contributed by atoms with van der Waals surface area (Å²) in [5, 5.41) is 5.04. The standard InChI is InChI=1S/C22H28N2O3S/c1-5-27-17-8-6-16(7-9-17)21(25)23-20(14(2)3)22(26)24-12-10-19-18(15(24)4)11-13-28-19/h6-9,11,13-15,20H,5,10,12H2,1-4H3,(H,23,25). The molecule has 5 nitrogen and oxygen atoms in total. The number of thiophene rings is 1. The predicted molar refractivity (Wildman–Crippen MR) is 112 cm³/mol. The number of amides is 2. The molecule has 0 saturated carbocycles. The van der Waals surface area contributed by atoms with Gasteiger partial charge < -0.3 is 15.0 Å². The fourth-order valence-electron chi connectivity index (χ4n) is 3.60. The van der Waals surface area contributed by atoms with E-state index in [-0.39, 0.29) is 23.8 Å². The molecule has 0 saturated heterocycles. The summed E-state index contributed by atoms with van der Waals surface area (Å²) in [5.74, 6) is 0.467. The van der Waals surface area contributed by atoms with Gasteiger partial charge in [-0.3, -0.25) is 9.59 Å².